The molecule has 0 spiro atoms. The van der Waals surface area contributed by atoms with Crippen molar-refractivity contribution in [2.75, 3.05) is 18.1 Å². The highest BCUT2D eigenvalue weighted by molar-refractivity contribution is 7.91. The van der Waals surface area contributed by atoms with Crippen molar-refractivity contribution in [3.05, 3.63) is 47.0 Å². The maximum absolute atomic E-state index is 11.6. The van der Waals surface area contributed by atoms with Gasteiger partial charge in [-0.25, -0.2) is 8.42 Å². The Bertz CT molecular complexity index is 941. The van der Waals surface area contributed by atoms with E-state index in [1.54, 1.807) is 0 Å². The summed E-state index contributed by atoms with van der Waals surface area (Å²) in [5.74, 6) is 2.69. The maximum Gasteiger partial charge on any atom is 0.150 e. The highest BCUT2D eigenvalue weighted by Gasteiger charge is 2.26. The van der Waals surface area contributed by atoms with Crippen LogP contribution in [0.25, 0.3) is 11.1 Å². The molecular weight excluding hydrogens is 360 g/mol. The minimum Gasteiger partial charge on any atom is -0.492 e. The van der Waals surface area contributed by atoms with E-state index in [1.165, 1.54) is 11.1 Å². The summed E-state index contributed by atoms with van der Waals surface area (Å²) in [5.41, 5.74) is 5.90. The van der Waals surface area contributed by atoms with Crippen LogP contribution in [0.2, 0.25) is 0 Å². The third-order valence-corrected chi connectivity index (χ3v) is 7.35. The molecule has 2 heterocycles. The first kappa shape index (κ1) is 18.4. The van der Waals surface area contributed by atoms with Gasteiger partial charge in [0, 0.05) is 17.0 Å². The molecule has 0 N–H and O–H groups in total. The van der Waals surface area contributed by atoms with Crippen LogP contribution >= 0.6 is 0 Å². The molecule has 0 saturated carbocycles. The lowest BCUT2D eigenvalue weighted by Crippen LogP contribution is -2.30. The van der Waals surface area contributed by atoms with E-state index in [-0.39, 0.29) is 17.6 Å². The van der Waals surface area contributed by atoms with Crippen molar-refractivity contribution >= 4 is 9.84 Å². The molecule has 0 amide bonds. The Balaban J connectivity index is 1.62. The first-order valence-corrected chi connectivity index (χ1v) is 11.4. The average Bonchev–Trinajstić information content (AvgIpc) is 2.98. The summed E-state index contributed by atoms with van der Waals surface area (Å²) in [6, 6.07) is 10.5. The largest absolute Gasteiger partial charge is 0.492 e. The van der Waals surface area contributed by atoms with Gasteiger partial charge in [-0.1, -0.05) is 25.1 Å². The van der Waals surface area contributed by atoms with Gasteiger partial charge in [-0.3, -0.25) is 0 Å². The maximum atomic E-state index is 11.6. The van der Waals surface area contributed by atoms with Gasteiger partial charge >= 0.3 is 0 Å². The fourth-order valence-electron chi connectivity index (χ4n) is 4.19. The smallest absolute Gasteiger partial charge is 0.150 e. The number of hydrogen-bond acceptors (Lipinski definition) is 4. The molecule has 2 aliphatic heterocycles. The Kier molecular flexibility index (Phi) is 4.66. The molecule has 0 aromatic heterocycles. The topological polar surface area (TPSA) is 52.6 Å². The first-order valence-electron chi connectivity index (χ1n) is 9.58. The van der Waals surface area contributed by atoms with Gasteiger partial charge in [0.05, 0.1) is 18.1 Å². The van der Waals surface area contributed by atoms with Crippen molar-refractivity contribution in [1.29, 1.82) is 0 Å². The van der Waals surface area contributed by atoms with Gasteiger partial charge in [-0.05, 0) is 55.5 Å². The van der Waals surface area contributed by atoms with Crippen LogP contribution in [-0.2, 0) is 9.84 Å². The SMILES string of the molecule is Cc1cc(OC2CCS(=O)(=O)CC2)cc(C)c1-c1cccc2c1OCC2C. The van der Waals surface area contributed by atoms with Gasteiger partial charge in [-0.2, -0.15) is 0 Å². The molecule has 0 bridgehead atoms. The highest BCUT2D eigenvalue weighted by Crippen LogP contribution is 2.44. The number of fused-ring (bicyclic) bond motifs is 1. The predicted molar refractivity (Wildman–Crippen MR) is 108 cm³/mol. The monoisotopic (exact) mass is 386 g/mol. The van der Waals surface area contributed by atoms with Crippen LogP contribution in [-0.4, -0.2) is 32.6 Å². The number of sulfone groups is 1. The molecule has 0 radical (unpaired) electrons. The van der Waals surface area contributed by atoms with Gasteiger partial charge in [0.1, 0.15) is 17.6 Å². The van der Waals surface area contributed by atoms with Crippen LogP contribution in [0, 0.1) is 13.8 Å². The zero-order chi connectivity index (χ0) is 19.2. The van der Waals surface area contributed by atoms with Crippen LogP contribution < -0.4 is 9.47 Å². The molecule has 5 heteroatoms. The van der Waals surface area contributed by atoms with Gasteiger partial charge in [0.25, 0.3) is 0 Å². The van der Waals surface area contributed by atoms with Crippen LogP contribution in [0.3, 0.4) is 0 Å². The summed E-state index contributed by atoms with van der Waals surface area (Å²) < 4.78 is 35.3. The van der Waals surface area contributed by atoms with Gasteiger partial charge in [0.2, 0.25) is 0 Å². The number of benzene rings is 2. The van der Waals surface area contributed by atoms with E-state index in [1.807, 2.05) is 0 Å². The Morgan fingerprint density at radius 2 is 1.74 bits per heavy atom. The zero-order valence-electron chi connectivity index (χ0n) is 16.1. The number of aryl methyl sites for hydroxylation is 2. The molecule has 4 rings (SSSR count). The molecule has 1 fully saturated rings. The summed E-state index contributed by atoms with van der Waals surface area (Å²) in [6.45, 7) is 7.11. The number of rotatable bonds is 3. The van der Waals surface area contributed by atoms with Gasteiger partial charge in [0.15, 0.2) is 9.84 Å². The van der Waals surface area contributed by atoms with E-state index < -0.39 is 9.84 Å². The standard InChI is InChI=1S/C22H26O4S/c1-14-11-18(26-17-7-9-27(23,24)10-8-17)12-15(2)21(14)20-6-4-5-19-16(3)13-25-22(19)20/h4-6,11-12,16-17H,7-10,13H2,1-3H3. The third-order valence-electron chi connectivity index (χ3n) is 5.63. The molecule has 1 unspecified atom stereocenters. The molecule has 2 aromatic rings. The van der Waals surface area contributed by atoms with E-state index in [2.05, 4.69) is 51.1 Å². The average molecular weight is 387 g/mol. The summed E-state index contributed by atoms with van der Waals surface area (Å²) in [6.07, 6.45) is 1.11. The Morgan fingerprint density at radius 3 is 2.41 bits per heavy atom. The second kappa shape index (κ2) is 6.86. The van der Waals surface area contributed by atoms with E-state index in [4.69, 9.17) is 9.47 Å². The Hall–Kier alpha value is -2.01. The third kappa shape index (κ3) is 3.57. The van der Waals surface area contributed by atoms with Gasteiger partial charge < -0.3 is 9.47 Å². The van der Waals surface area contributed by atoms with Crippen molar-refractivity contribution in [3.63, 3.8) is 0 Å². The number of ether oxygens (including phenoxy) is 2. The van der Waals surface area contributed by atoms with Crippen LogP contribution in [0.4, 0.5) is 0 Å². The van der Waals surface area contributed by atoms with E-state index in [0.29, 0.717) is 18.8 Å². The molecule has 1 saturated heterocycles. The number of hydrogen-bond donors (Lipinski definition) is 0. The first-order chi connectivity index (χ1) is 12.8. The molecule has 1 atom stereocenters. The van der Waals surface area contributed by atoms with Crippen molar-refractivity contribution in [2.45, 2.75) is 45.6 Å². The lowest BCUT2D eigenvalue weighted by Gasteiger charge is -2.24. The highest BCUT2D eigenvalue weighted by atomic mass is 32.2. The molecular formula is C22H26O4S. The van der Waals surface area contributed by atoms with Gasteiger partial charge in [-0.15, -0.1) is 0 Å². The van der Waals surface area contributed by atoms with Crippen molar-refractivity contribution in [2.24, 2.45) is 0 Å². The molecule has 27 heavy (non-hydrogen) atoms. The van der Waals surface area contributed by atoms with E-state index in [9.17, 15) is 8.42 Å². The lowest BCUT2D eigenvalue weighted by atomic mass is 9.92. The van der Waals surface area contributed by atoms with Crippen molar-refractivity contribution in [1.82, 2.24) is 0 Å². The lowest BCUT2D eigenvalue weighted by molar-refractivity contribution is 0.189. The Morgan fingerprint density at radius 1 is 1.07 bits per heavy atom. The summed E-state index contributed by atoms with van der Waals surface area (Å²) >= 11 is 0. The predicted octanol–water partition coefficient (Wildman–Crippen LogP) is 4.42. The summed E-state index contributed by atoms with van der Waals surface area (Å²) in [5, 5.41) is 0. The quantitative estimate of drug-likeness (QED) is 0.783. The molecule has 144 valence electrons. The van der Waals surface area contributed by atoms with Crippen LogP contribution in [0.15, 0.2) is 30.3 Å². The van der Waals surface area contributed by atoms with E-state index in [0.717, 1.165) is 34.8 Å². The summed E-state index contributed by atoms with van der Waals surface area (Å²) in [7, 11) is -2.87. The molecule has 2 aromatic carbocycles. The van der Waals surface area contributed by atoms with Crippen LogP contribution in [0.5, 0.6) is 11.5 Å². The van der Waals surface area contributed by atoms with Crippen molar-refractivity contribution < 1.29 is 17.9 Å². The zero-order valence-corrected chi connectivity index (χ0v) is 16.9. The second-order valence-corrected chi connectivity index (χ2v) is 10.1. The fraction of sp³-hybridized carbons (Fsp3) is 0.455. The molecule has 0 aliphatic carbocycles. The fourth-order valence-corrected chi connectivity index (χ4v) is 5.64. The molecule has 2 aliphatic rings. The summed E-state index contributed by atoms with van der Waals surface area (Å²) in [4.78, 5) is 0. The van der Waals surface area contributed by atoms with Crippen LogP contribution in [0.1, 0.15) is 42.4 Å². The Labute approximate surface area is 161 Å². The second-order valence-electron chi connectivity index (χ2n) is 7.84. The number of para-hydroxylation sites is 1. The van der Waals surface area contributed by atoms with Crippen molar-refractivity contribution in [3.8, 4) is 22.6 Å². The van der Waals surface area contributed by atoms with E-state index >= 15 is 0 Å². The minimum atomic E-state index is -2.87. The minimum absolute atomic E-state index is 0.0247. The normalized spacial score (nSPS) is 21.5. The molecule has 4 nitrogen and oxygen atoms in total.